The highest BCUT2D eigenvalue weighted by molar-refractivity contribution is 9.10. The summed E-state index contributed by atoms with van der Waals surface area (Å²) in [7, 11) is 0. The summed E-state index contributed by atoms with van der Waals surface area (Å²) in [5.41, 5.74) is 2.59. The minimum Gasteiger partial charge on any atom is -0.308 e. The maximum absolute atomic E-state index is 5.45. The number of benzene rings is 1. The SMILES string of the molecule is CCCc1nc(NN)cc(Sc2ccccc2Br)n1. The van der Waals surface area contributed by atoms with Gasteiger partial charge in [-0.05, 0) is 34.5 Å². The van der Waals surface area contributed by atoms with Crippen molar-refractivity contribution in [3.8, 4) is 0 Å². The fourth-order valence-corrected chi connectivity index (χ4v) is 2.96. The molecule has 0 fully saturated rings. The first-order chi connectivity index (χ1) is 9.22. The Balaban J connectivity index is 2.29. The van der Waals surface area contributed by atoms with E-state index in [2.05, 4.69) is 38.2 Å². The van der Waals surface area contributed by atoms with Gasteiger partial charge in [0.2, 0.25) is 0 Å². The predicted molar refractivity (Wildman–Crippen MR) is 82.1 cm³/mol. The molecule has 0 unspecified atom stereocenters. The summed E-state index contributed by atoms with van der Waals surface area (Å²) in [5.74, 6) is 6.91. The van der Waals surface area contributed by atoms with Crippen LogP contribution < -0.4 is 11.3 Å². The number of nitrogens with one attached hydrogen (secondary N) is 1. The van der Waals surface area contributed by atoms with Gasteiger partial charge in [0.25, 0.3) is 0 Å². The van der Waals surface area contributed by atoms with Crippen molar-refractivity contribution in [3.63, 3.8) is 0 Å². The molecule has 0 saturated heterocycles. The first-order valence-corrected chi connectivity index (χ1v) is 7.61. The summed E-state index contributed by atoms with van der Waals surface area (Å²) >= 11 is 5.12. The number of hydrogen-bond donors (Lipinski definition) is 2. The van der Waals surface area contributed by atoms with Gasteiger partial charge in [0, 0.05) is 21.9 Å². The highest BCUT2D eigenvalue weighted by Crippen LogP contribution is 2.32. The lowest BCUT2D eigenvalue weighted by molar-refractivity contribution is 0.810. The number of hydrazine groups is 1. The van der Waals surface area contributed by atoms with Crippen molar-refractivity contribution in [2.75, 3.05) is 5.43 Å². The third-order valence-corrected chi connectivity index (χ3v) is 4.37. The van der Waals surface area contributed by atoms with Crippen molar-refractivity contribution in [2.45, 2.75) is 29.7 Å². The standard InChI is InChI=1S/C13H15BrN4S/c1-2-5-11-16-12(18-15)8-13(17-11)19-10-7-4-3-6-9(10)14/h3-4,6-8H,2,5,15H2,1H3,(H,16,17,18). The van der Waals surface area contributed by atoms with Crippen LogP contribution >= 0.6 is 27.7 Å². The van der Waals surface area contributed by atoms with Crippen molar-refractivity contribution in [2.24, 2.45) is 5.84 Å². The lowest BCUT2D eigenvalue weighted by Gasteiger charge is -2.07. The fourth-order valence-electron chi connectivity index (χ4n) is 1.57. The Hall–Kier alpha value is -1.11. The molecule has 2 rings (SSSR count). The van der Waals surface area contributed by atoms with E-state index in [9.17, 15) is 0 Å². The van der Waals surface area contributed by atoms with Crippen LogP contribution in [0.1, 0.15) is 19.2 Å². The molecular formula is C13H15BrN4S. The summed E-state index contributed by atoms with van der Waals surface area (Å²) in [5, 5.41) is 0.887. The number of halogens is 1. The van der Waals surface area contributed by atoms with Crippen LogP contribution in [0, 0.1) is 0 Å². The van der Waals surface area contributed by atoms with Gasteiger partial charge in [-0.1, -0.05) is 30.8 Å². The van der Waals surface area contributed by atoms with Gasteiger partial charge in [-0.2, -0.15) is 0 Å². The van der Waals surface area contributed by atoms with Gasteiger partial charge in [0.1, 0.15) is 16.7 Å². The van der Waals surface area contributed by atoms with E-state index in [1.807, 2.05) is 30.3 Å². The molecule has 0 amide bonds. The van der Waals surface area contributed by atoms with Crippen LogP contribution in [-0.2, 0) is 6.42 Å². The molecule has 0 aliphatic heterocycles. The van der Waals surface area contributed by atoms with Crippen molar-refractivity contribution >= 4 is 33.5 Å². The molecule has 0 atom stereocenters. The average molecular weight is 339 g/mol. The van der Waals surface area contributed by atoms with E-state index in [1.54, 1.807) is 11.8 Å². The largest absolute Gasteiger partial charge is 0.308 e. The predicted octanol–water partition coefficient (Wildman–Crippen LogP) is 3.63. The number of nitrogen functional groups attached to an aromatic ring is 1. The van der Waals surface area contributed by atoms with Crippen LogP contribution in [0.5, 0.6) is 0 Å². The number of nitrogens with two attached hydrogens (primary N) is 1. The van der Waals surface area contributed by atoms with Gasteiger partial charge >= 0.3 is 0 Å². The lowest BCUT2D eigenvalue weighted by atomic mass is 10.3. The first-order valence-electron chi connectivity index (χ1n) is 6.00. The Morgan fingerprint density at radius 3 is 2.79 bits per heavy atom. The van der Waals surface area contributed by atoms with E-state index in [4.69, 9.17) is 5.84 Å². The zero-order chi connectivity index (χ0) is 13.7. The van der Waals surface area contributed by atoms with Gasteiger partial charge in [0.05, 0.1) is 0 Å². The maximum atomic E-state index is 5.45. The quantitative estimate of drug-likeness (QED) is 0.495. The van der Waals surface area contributed by atoms with Gasteiger partial charge in [-0.3, -0.25) is 0 Å². The Morgan fingerprint density at radius 1 is 1.32 bits per heavy atom. The second-order valence-electron chi connectivity index (χ2n) is 3.93. The van der Waals surface area contributed by atoms with E-state index in [-0.39, 0.29) is 0 Å². The zero-order valence-corrected chi connectivity index (χ0v) is 13.0. The Bertz CT molecular complexity index is 562. The molecule has 0 saturated carbocycles. The molecule has 2 aromatic rings. The van der Waals surface area contributed by atoms with Crippen molar-refractivity contribution in [3.05, 3.63) is 40.6 Å². The van der Waals surface area contributed by atoms with E-state index in [0.717, 1.165) is 33.1 Å². The summed E-state index contributed by atoms with van der Waals surface area (Å²) in [4.78, 5) is 9.99. The van der Waals surface area contributed by atoms with Crippen LogP contribution in [0.25, 0.3) is 0 Å². The third kappa shape index (κ3) is 3.92. The van der Waals surface area contributed by atoms with E-state index in [0.29, 0.717) is 5.82 Å². The Morgan fingerprint density at radius 2 is 2.11 bits per heavy atom. The molecule has 19 heavy (non-hydrogen) atoms. The van der Waals surface area contributed by atoms with Crippen LogP contribution in [0.4, 0.5) is 5.82 Å². The van der Waals surface area contributed by atoms with Crippen LogP contribution in [0.3, 0.4) is 0 Å². The van der Waals surface area contributed by atoms with Crippen LogP contribution in [-0.4, -0.2) is 9.97 Å². The molecule has 0 aliphatic carbocycles. The minimum atomic E-state index is 0.646. The second-order valence-corrected chi connectivity index (χ2v) is 5.85. The molecule has 3 N–H and O–H groups in total. The third-order valence-electron chi connectivity index (χ3n) is 2.42. The Kier molecular flexibility index (Phi) is 5.18. The second kappa shape index (κ2) is 6.88. The molecule has 4 nitrogen and oxygen atoms in total. The monoisotopic (exact) mass is 338 g/mol. The molecule has 1 aromatic heterocycles. The van der Waals surface area contributed by atoms with Crippen molar-refractivity contribution in [1.29, 1.82) is 0 Å². The molecule has 0 spiro atoms. The number of anilines is 1. The molecule has 0 aliphatic rings. The highest BCUT2D eigenvalue weighted by atomic mass is 79.9. The van der Waals surface area contributed by atoms with E-state index < -0.39 is 0 Å². The average Bonchev–Trinajstić information content (AvgIpc) is 2.41. The van der Waals surface area contributed by atoms with Crippen molar-refractivity contribution < 1.29 is 0 Å². The molecule has 1 heterocycles. The molecule has 100 valence electrons. The molecular weight excluding hydrogens is 324 g/mol. The van der Waals surface area contributed by atoms with Crippen LogP contribution in [0.15, 0.2) is 44.7 Å². The summed E-state index contributed by atoms with van der Waals surface area (Å²) < 4.78 is 1.05. The molecule has 0 bridgehead atoms. The first kappa shape index (κ1) is 14.3. The summed E-state index contributed by atoms with van der Waals surface area (Å²) in [6.45, 7) is 2.10. The lowest BCUT2D eigenvalue weighted by Crippen LogP contribution is -2.10. The minimum absolute atomic E-state index is 0.646. The van der Waals surface area contributed by atoms with Gasteiger partial charge in [-0.15, -0.1) is 0 Å². The van der Waals surface area contributed by atoms with E-state index in [1.165, 1.54) is 0 Å². The van der Waals surface area contributed by atoms with Gasteiger partial charge < -0.3 is 5.43 Å². The highest BCUT2D eigenvalue weighted by Gasteiger charge is 2.07. The molecule has 6 heteroatoms. The zero-order valence-electron chi connectivity index (χ0n) is 10.6. The number of rotatable bonds is 5. The van der Waals surface area contributed by atoms with Gasteiger partial charge in [-0.25, -0.2) is 15.8 Å². The fraction of sp³-hybridized carbons (Fsp3) is 0.231. The maximum Gasteiger partial charge on any atom is 0.144 e. The Labute approximate surface area is 125 Å². The number of aryl methyl sites for hydroxylation is 1. The molecule has 0 radical (unpaired) electrons. The molecule has 1 aromatic carbocycles. The summed E-state index contributed by atoms with van der Waals surface area (Å²) in [6, 6.07) is 9.90. The number of nitrogens with zero attached hydrogens (tertiary/aromatic N) is 2. The number of hydrogen-bond acceptors (Lipinski definition) is 5. The van der Waals surface area contributed by atoms with E-state index >= 15 is 0 Å². The van der Waals surface area contributed by atoms with Crippen molar-refractivity contribution in [1.82, 2.24) is 9.97 Å². The number of aromatic nitrogens is 2. The summed E-state index contributed by atoms with van der Waals surface area (Å²) in [6.07, 6.45) is 1.85. The topological polar surface area (TPSA) is 63.8 Å². The smallest absolute Gasteiger partial charge is 0.144 e. The van der Waals surface area contributed by atoms with Crippen LogP contribution in [0.2, 0.25) is 0 Å². The normalized spacial score (nSPS) is 10.5. The van der Waals surface area contributed by atoms with Gasteiger partial charge in [0.15, 0.2) is 0 Å².